The van der Waals surface area contributed by atoms with E-state index in [9.17, 15) is 14.4 Å². The minimum absolute atomic E-state index is 0.00385. The molecule has 5 aromatic rings. The minimum Gasteiger partial charge on any atom is -0.453 e. The molecular weight excluding hydrogens is 707 g/mol. The minimum atomic E-state index is -0.683. The van der Waals surface area contributed by atoms with Crippen molar-refractivity contribution in [1.82, 2.24) is 35.7 Å². The number of hydrogen-bond donors (Lipinski definition) is 4. The van der Waals surface area contributed by atoms with Gasteiger partial charge in [0.15, 0.2) is 0 Å². The number of hydrogen-bond acceptors (Lipinski definition) is 8. The van der Waals surface area contributed by atoms with Crippen LogP contribution in [0.5, 0.6) is 0 Å². The number of alkyl carbamates (subject to hydrolysis) is 1. The number of likely N-dealkylation sites (tertiary alicyclic amines) is 2. The van der Waals surface area contributed by atoms with Gasteiger partial charge >= 0.3 is 12.2 Å². The average Bonchev–Trinajstić information content (AvgIpc) is 4.01. The number of nitrogens with zero attached hydrogens (tertiary/aromatic N) is 3. The van der Waals surface area contributed by atoms with Crippen LogP contribution in [0.15, 0.2) is 72.9 Å². The maximum Gasteiger partial charge on any atom is 0.410 e. The zero-order valence-corrected chi connectivity index (χ0v) is 32.9. The zero-order chi connectivity index (χ0) is 39.3. The molecule has 3 amide bonds. The molecule has 4 N–H and O–H groups in total. The van der Waals surface area contributed by atoms with Crippen molar-refractivity contribution < 1.29 is 23.9 Å². The Hall–Kier alpha value is -5.78. The highest BCUT2D eigenvalue weighted by Gasteiger charge is 2.39. The van der Waals surface area contributed by atoms with Gasteiger partial charge in [0.25, 0.3) is 0 Å². The fraction of sp³-hybridized carbons (Fsp3) is 0.409. The monoisotopic (exact) mass is 757 g/mol. The third-order valence-electron chi connectivity index (χ3n) is 11.2. The number of ether oxygens (including phenoxy) is 2. The summed E-state index contributed by atoms with van der Waals surface area (Å²) in [7, 11) is 1.30. The number of methoxy groups -OCH3 is 1. The molecule has 0 saturated carbocycles. The first-order valence-electron chi connectivity index (χ1n) is 19.7. The smallest absolute Gasteiger partial charge is 0.410 e. The summed E-state index contributed by atoms with van der Waals surface area (Å²) in [4.78, 5) is 50.9. The van der Waals surface area contributed by atoms with E-state index in [-0.39, 0.29) is 36.2 Å². The van der Waals surface area contributed by atoms with Gasteiger partial charge in [-0.1, -0.05) is 56.3 Å². The first kappa shape index (κ1) is 37.2. The Kier molecular flexibility index (Phi) is 9.76. The van der Waals surface area contributed by atoms with Gasteiger partial charge in [0, 0.05) is 24.7 Å². The van der Waals surface area contributed by atoms with Gasteiger partial charge in [-0.3, -0.25) is 4.79 Å². The highest BCUT2D eigenvalue weighted by atomic mass is 16.6. The molecule has 292 valence electrons. The van der Waals surface area contributed by atoms with Crippen LogP contribution in [0, 0.1) is 5.92 Å². The molecule has 1 aromatic heterocycles. The van der Waals surface area contributed by atoms with Gasteiger partial charge in [-0.2, -0.15) is 0 Å². The lowest BCUT2D eigenvalue weighted by Gasteiger charge is -2.32. The SMILES string of the molecule is COC(=O)N[C@H](C(=O)N1CCC[C@H]1c1nc2ccc3cc(-c4ccc5cc(C6=CNC([C@@H]7CCCN7C(=O)OC(C)(C)C)N6)ccc5c4)ccc3c2[nH]1)C(C)C. The molecule has 4 atom stereocenters. The largest absolute Gasteiger partial charge is 0.453 e. The van der Waals surface area contributed by atoms with Crippen LogP contribution in [0.25, 0.3) is 49.4 Å². The van der Waals surface area contributed by atoms with Crippen molar-refractivity contribution in [1.29, 1.82) is 0 Å². The lowest BCUT2D eigenvalue weighted by molar-refractivity contribution is -0.135. The molecule has 12 nitrogen and oxygen atoms in total. The number of aromatic nitrogens is 2. The molecule has 2 saturated heterocycles. The van der Waals surface area contributed by atoms with E-state index in [1.807, 2.05) is 56.7 Å². The maximum atomic E-state index is 13.7. The number of aromatic amines is 1. The molecule has 4 aromatic carbocycles. The van der Waals surface area contributed by atoms with Gasteiger partial charge in [0.05, 0.1) is 35.9 Å². The van der Waals surface area contributed by atoms with Crippen LogP contribution in [0.4, 0.5) is 9.59 Å². The molecule has 56 heavy (non-hydrogen) atoms. The molecule has 0 spiro atoms. The summed E-state index contributed by atoms with van der Waals surface area (Å²) in [6.07, 6.45) is 4.56. The van der Waals surface area contributed by atoms with Crippen molar-refractivity contribution in [2.75, 3.05) is 20.2 Å². The summed E-state index contributed by atoms with van der Waals surface area (Å²) in [5.41, 5.74) is 5.59. The van der Waals surface area contributed by atoms with Crippen LogP contribution < -0.4 is 16.0 Å². The van der Waals surface area contributed by atoms with Crippen molar-refractivity contribution >= 4 is 56.4 Å². The molecule has 3 aliphatic rings. The van der Waals surface area contributed by atoms with E-state index in [4.69, 9.17) is 14.5 Å². The summed E-state index contributed by atoms with van der Waals surface area (Å²) < 4.78 is 10.5. The van der Waals surface area contributed by atoms with Crippen molar-refractivity contribution in [2.45, 2.75) is 90.2 Å². The molecule has 4 heterocycles. The number of H-pyrrole nitrogens is 1. The highest BCUT2D eigenvalue weighted by molar-refractivity contribution is 6.05. The Labute approximate surface area is 327 Å². The Morgan fingerprint density at radius 3 is 2.25 bits per heavy atom. The van der Waals surface area contributed by atoms with E-state index in [0.717, 1.165) is 86.5 Å². The van der Waals surface area contributed by atoms with Crippen LogP contribution in [0.2, 0.25) is 0 Å². The lowest BCUT2D eigenvalue weighted by Crippen LogP contribution is -2.52. The van der Waals surface area contributed by atoms with Gasteiger partial charge in [-0.15, -0.1) is 0 Å². The third kappa shape index (κ3) is 7.20. The summed E-state index contributed by atoms with van der Waals surface area (Å²) in [6, 6.07) is 22.8. The fourth-order valence-corrected chi connectivity index (χ4v) is 8.44. The summed E-state index contributed by atoms with van der Waals surface area (Å²) >= 11 is 0. The van der Waals surface area contributed by atoms with E-state index in [2.05, 4.69) is 81.6 Å². The van der Waals surface area contributed by atoms with E-state index in [1.165, 1.54) is 7.11 Å². The molecular formula is C44H51N7O5. The van der Waals surface area contributed by atoms with Gasteiger partial charge in [0.2, 0.25) is 5.91 Å². The maximum absolute atomic E-state index is 13.7. The molecule has 3 aliphatic heterocycles. The standard InChI is InChI=1S/C44H51N7O5/c1-25(2)37(49-42(53)55-6)41(52)50-19-7-10-36(50)40-46-33-18-16-30-22-29(15-17-32(30)38(33)48-40)26-11-12-28-23-31(14-13-27(28)21-26)34-24-45-39(47-34)35-9-8-20-51(35)43(54)56-44(3,4)5/h11-18,21-25,35-37,39,45,47H,7-10,19-20H2,1-6H3,(H,46,48)(H,49,53)/t35-,36-,37-,39?/m0/s1. The van der Waals surface area contributed by atoms with Gasteiger partial charge in [-0.05, 0) is 109 Å². The average molecular weight is 758 g/mol. The zero-order valence-electron chi connectivity index (χ0n) is 32.9. The normalized spacial score (nSPS) is 20.3. The Balaban J connectivity index is 0.984. The van der Waals surface area contributed by atoms with Gasteiger partial charge < -0.3 is 40.2 Å². The number of imidazole rings is 1. The highest BCUT2D eigenvalue weighted by Crippen LogP contribution is 2.36. The molecule has 2 fully saturated rings. The van der Waals surface area contributed by atoms with Gasteiger partial charge in [-0.25, -0.2) is 14.6 Å². The Morgan fingerprint density at radius 1 is 0.857 bits per heavy atom. The second-order valence-corrected chi connectivity index (χ2v) is 16.6. The van der Waals surface area contributed by atoms with Crippen LogP contribution >= 0.6 is 0 Å². The number of carbonyl (C=O) groups is 3. The van der Waals surface area contributed by atoms with Crippen LogP contribution in [-0.2, 0) is 14.3 Å². The van der Waals surface area contributed by atoms with Crippen molar-refractivity contribution in [3.8, 4) is 11.1 Å². The fourth-order valence-electron chi connectivity index (χ4n) is 8.44. The molecule has 12 heteroatoms. The second-order valence-electron chi connectivity index (χ2n) is 16.6. The summed E-state index contributed by atoms with van der Waals surface area (Å²) in [6.45, 7) is 10.8. The number of benzene rings is 4. The molecule has 0 bridgehead atoms. The van der Waals surface area contributed by atoms with Gasteiger partial charge in [0.1, 0.15) is 23.6 Å². The Morgan fingerprint density at radius 2 is 1.52 bits per heavy atom. The van der Waals surface area contributed by atoms with E-state index in [0.29, 0.717) is 13.1 Å². The second kappa shape index (κ2) is 14.7. The number of fused-ring (bicyclic) bond motifs is 4. The molecule has 8 rings (SSSR count). The number of nitrogens with one attached hydrogen (secondary N) is 4. The predicted octanol–water partition coefficient (Wildman–Crippen LogP) is 7.80. The van der Waals surface area contributed by atoms with E-state index >= 15 is 0 Å². The first-order valence-corrected chi connectivity index (χ1v) is 19.7. The van der Waals surface area contributed by atoms with E-state index in [1.54, 1.807) is 0 Å². The lowest BCUT2D eigenvalue weighted by atomic mass is 9.97. The topological polar surface area (TPSA) is 141 Å². The molecule has 1 unspecified atom stereocenters. The molecule has 0 aliphatic carbocycles. The third-order valence-corrected chi connectivity index (χ3v) is 11.2. The van der Waals surface area contributed by atoms with Crippen LogP contribution in [-0.4, -0.2) is 81.9 Å². The van der Waals surface area contributed by atoms with Crippen LogP contribution in [0.3, 0.4) is 0 Å². The number of amides is 3. The number of rotatable bonds is 7. The quantitative estimate of drug-likeness (QED) is 0.132. The molecule has 0 radical (unpaired) electrons. The van der Waals surface area contributed by atoms with Crippen molar-refractivity contribution in [2.24, 2.45) is 5.92 Å². The number of carbonyl (C=O) groups excluding carboxylic acids is 3. The van der Waals surface area contributed by atoms with Crippen molar-refractivity contribution in [3.63, 3.8) is 0 Å². The first-order chi connectivity index (χ1) is 26.9. The van der Waals surface area contributed by atoms with E-state index < -0.39 is 17.7 Å². The predicted molar refractivity (Wildman–Crippen MR) is 218 cm³/mol. The van der Waals surface area contributed by atoms with Crippen LogP contribution in [0.1, 0.15) is 77.7 Å². The summed E-state index contributed by atoms with van der Waals surface area (Å²) in [5.74, 6) is 0.533. The van der Waals surface area contributed by atoms with Crippen molar-refractivity contribution in [3.05, 3.63) is 84.3 Å². The Bertz CT molecular complexity index is 2360. The summed E-state index contributed by atoms with van der Waals surface area (Å²) in [5, 5.41) is 14.3.